The molecular formula is C67H42N4. The molecule has 0 unspecified atom stereocenters. The van der Waals surface area contributed by atoms with E-state index >= 15 is 0 Å². The fourth-order valence-corrected chi connectivity index (χ4v) is 10.8. The van der Waals surface area contributed by atoms with Gasteiger partial charge in [0.2, 0.25) is 0 Å². The third kappa shape index (κ3) is 6.88. The fraction of sp³-hybridized carbons (Fsp3) is 0. The lowest BCUT2D eigenvalue weighted by atomic mass is 9.85. The van der Waals surface area contributed by atoms with Gasteiger partial charge in [-0.15, -0.1) is 0 Å². The summed E-state index contributed by atoms with van der Waals surface area (Å²) in [6.45, 7) is 0. The Morgan fingerprint density at radius 2 is 0.732 bits per heavy atom. The Labute approximate surface area is 410 Å². The average Bonchev–Trinajstić information content (AvgIpc) is 3.84. The molecule has 0 amide bonds. The van der Waals surface area contributed by atoms with E-state index in [-0.39, 0.29) is 0 Å². The predicted octanol–water partition coefficient (Wildman–Crippen LogP) is 17.6. The second kappa shape index (κ2) is 16.6. The van der Waals surface area contributed by atoms with Gasteiger partial charge in [0.15, 0.2) is 0 Å². The minimum absolute atomic E-state index is 0.881. The summed E-state index contributed by atoms with van der Waals surface area (Å²) >= 11 is 0. The van der Waals surface area contributed by atoms with Crippen molar-refractivity contribution in [2.45, 2.75) is 0 Å². The molecule has 11 aromatic carbocycles. The summed E-state index contributed by atoms with van der Waals surface area (Å²) in [7, 11) is 0. The molecule has 3 aromatic heterocycles. The molecule has 0 radical (unpaired) electrons. The number of fused-ring (bicyclic) bond motifs is 7. The first kappa shape index (κ1) is 40.5. The van der Waals surface area contributed by atoms with E-state index in [9.17, 15) is 0 Å². The standard InChI is InChI=1S/C67H42N4/c1-2-13-43(14-3-1)44-25-27-46(28-26-44)59-41-37-49-31-32-50-38-42-60(69-66(50)65(49)68-59)47-29-33-51(34-30-47)67-70-61-23-10-11-24-62(61)71(67)52-39-35-48(36-40-52)63-55-18-6-8-20-57(55)64(58-21-9-7-19-56(58)63)54-22-12-16-45-15-4-5-17-53(45)54/h1-42H. The summed E-state index contributed by atoms with van der Waals surface area (Å²) in [5.74, 6) is 0.881. The highest BCUT2D eigenvalue weighted by Gasteiger charge is 2.20. The molecule has 0 bridgehead atoms. The first-order valence-electron chi connectivity index (χ1n) is 24.2. The van der Waals surface area contributed by atoms with Gasteiger partial charge in [-0.1, -0.05) is 218 Å². The van der Waals surface area contributed by atoms with Crippen molar-refractivity contribution in [2.75, 3.05) is 0 Å². The van der Waals surface area contributed by atoms with Crippen LogP contribution < -0.4 is 0 Å². The Bertz CT molecular complexity index is 4300. The summed E-state index contributed by atoms with van der Waals surface area (Å²) in [5.41, 5.74) is 17.1. The van der Waals surface area contributed by atoms with Crippen LogP contribution in [0, 0.1) is 0 Å². The lowest BCUT2D eigenvalue weighted by Crippen LogP contribution is -1.98. The largest absolute Gasteiger partial charge is 0.292 e. The number of pyridine rings is 2. The highest BCUT2D eigenvalue weighted by atomic mass is 15.1. The average molecular weight is 903 g/mol. The number of para-hydroxylation sites is 2. The van der Waals surface area contributed by atoms with Crippen LogP contribution in [0.4, 0.5) is 0 Å². The van der Waals surface area contributed by atoms with Gasteiger partial charge in [0, 0.05) is 33.2 Å². The van der Waals surface area contributed by atoms with E-state index < -0.39 is 0 Å². The zero-order chi connectivity index (χ0) is 46.8. The van der Waals surface area contributed by atoms with E-state index in [0.717, 1.165) is 72.4 Å². The second-order valence-electron chi connectivity index (χ2n) is 18.3. The highest BCUT2D eigenvalue weighted by Crippen LogP contribution is 2.45. The third-order valence-corrected chi connectivity index (χ3v) is 14.2. The molecule has 71 heavy (non-hydrogen) atoms. The van der Waals surface area contributed by atoms with Gasteiger partial charge in [-0.05, 0) is 102 Å². The predicted molar refractivity (Wildman–Crippen MR) is 297 cm³/mol. The molecule has 0 spiro atoms. The van der Waals surface area contributed by atoms with Crippen LogP contribution in [0.3, 0.4) is 0 Å². The minimum Gasteiger partial charge on any atom is -0.292 e. The van der Waals surface area contributed by atoms with Crippen LogP contribution in [0.1, 0.15) is 0 Å². The number of benzene rings is 11. The normalized spacial score (nSPS) is 11.7. The molecule has 14 aromatic rings. The Balaban J connectivity index is 0.824. The molecule has 0 atom stereocenters. The zero-order valence-electron chi connectivity index (χ0n) is 38.5. The Hall–Kier alpha value is -9.51. The van der Waals surface area contributed by atoms with Gasteiger partial charge < -0.3 is 0 Å². The number of imidazole rings is 1. The van der Waals surface area contributed by atoms with E-state index in [1.54, 1.807) is 0 Å². The van der Waals surface area contributed by atoms with Crippen molar-refractivity contribution in [3.05, 3.63) is 255 Å². The molecule has 14 rings (SSSR count). The van der Waals surface area contributed by atoms with Gasteiger partial charge in [-0.3, -0.25) is 4.57 Å². The summed E-state index contributed by atoms with van der Waals surface area (Å²) in [4.78, 5) is 15.8. The van der Waals surface area contributed by atoms with Gasteiger partial charge in [0.25, 0.3) is 0 Å². The van der Waals surface area contributed by atoms with Crippen LogP contribution in [-0.4, -0.2) is 19.5 Å². The molecule has 3 heterocycles. The molecule has 0 fully saturated rings. The molecule has 0 saturated carbocycles. The van der Waals surface area contributed by atoms with Crippen molar-refractivity contribution < 1.29 is 0 Å². The molecular weight excluding hydrogens is 861 g/mol. The maximum absolute atomic E-state index is 5.28. The van der Waals surface area contributed by atoms with Crippen LogP contribution >= 0.6 is 0 Å². The first-order chi connectivity index (χ1) is 35.2. The molecule has 0 aliphatic carbocycles. The maximum Gasteiger partial charge on any atom is 0.145 e. The van der Waals surface area contributed by atoms with Gasteiger partial charge in [0.05, 0.1) is 33.5 Å². The zero-order valence-corrected chi connectivity index (χ0v) is 38.5. The van der Waals surface area contributed by atoms with Gasteiger partial charge in [-0.25, -0.2) is 15.0 Å². The topological polar surface area (TPSA) is 43.6 Å². The summed E-state index contributed by atoms with van der Waals surface area (Å²) in [5, 5.41) is 9.57. The number of hydrogen-bond donors (Lipinski definition) is 0. The molecule has 0 aliphatic rings. The molecule has 330 valence electrons. The van der Waals surface area contributed by atoms with E-state index in [1.165, 1.54) is 65.7 Å². The SMILES string of the molecule is c1ccc(-c2ccc(-c3ccc4ccc5ccc(-c6ccc(-c7nc8ccccc8n7-c7ccc(-c8c9ccccc9c(-c9cccc%10ccccc9%10)c9ccccc89)cc7)cc6)nc5c4n3)cc2)cc1. The highest BCUT2D eigenvalue weighted by molar-refractivity contribution is 6.23. The van der Waals surface area contributed by atoms with E-state index in [4.69, 9.17) is 15.0 Å². The van der Waals surface area contributed by atoms with Crippen LogP contribution in [0.2, 0.25) is 0 Å². The van der Waals surface area contributed by atoms with E-state index in [2.05, 4.69) is 253 Å². The van der Waals surface area contributed by atoms with Crippen molar-refractivity contribution in [2.24, 2.45) is 0 Å². The molecule has 4 nitrogen and oxygen atoms in total. The minimum atomic E-state index is 0.881. The van der Waals surface area contributed by atoms with Crippen molar-refractivity contribution >= 4 is 65.2 Å². The molecule has 4 heteroatoms. The number of rotatable bonds is 7. The van der Waals surface area contributed by atoms with Crippen molar-refractivity contribution in [1.82, 2.24) is 19.5 Å². The molecule has 0 aliphatic heterocycles. The molecule has 0 saturated heterocycles. The smallest absolute Gasteiger partial charge is 0.145 e. The van der Waals surface area contributed by atoms with Gasteiger partial charge in [-0.2, -0.15) is 0 Å². The summed E-state index contributed by atoms with van der Waals surface area (Å²) < 4.78 is 2.28. The fourth-order valence-electron chi connectivity index (χ4n) is 10.8. The van der Waals surface area contributed by atoms with Crippen LogP contribution in [0.15, 0.2) is 255 Å². The number of aromatic nitrogens is 4. The van der Waals surface area contributed by atoms with E-state index in [1.807, 2.05) is 6.07 Å². The number of hydrogen-bond acceptors (Lipinski definition) is 3. The Morgan fingerprint density at radius 1 is 0.268 bits per heavy atom. The Kier molecular flexibility index (Phi) is 9.49. The second-order valence-corrected chi connectivity index (χ2v) is 18.3. The quantitative estimate of drug-likeness (QED) is 0.118. The first-order valence-corrected chi connectivity index (χ1v) is 24.2. The van der Waals surface area contributed by atoms with Gasteiger partial charge in [0.1, 0.15) is 5.82 Å². The Morgan fingerprint density at radius 3 is 1.37 bits per heavy atom. The summed E-state index contributed by atoms with van der Waals surface area (Å²) in [6.07, 6.45) is 0. The monoisotopic (exact) mass is 902 g/mol. The van der Waals surface area contributed by atoms with Crippen molar-refractivity contribution in [3.63, 3.8) is 0 Å². The van der Waals surface area contributed by atoms with Crippen LogP contribution in [0.25, 0.3) is 138 Å². The lowest BCUT2D eigenvalue weighted by molar-refractivity contribution is 1.10. The van der Waals surface area contributed by atoms with Crippen molar-refractivity contribution in [1.29, 1.82) is 0 Å². The van der Waals surface area contributed by atoms with Crippen molar-refractivity contribution in [3.8, 4) is 73.0 Å². The maximum atomic E-state index is 5.28. The number of nitrogens with zero attached hydrogens (tertiary/aromatic N) is 4. The van der Waals surface area contributed by atoms with Crippen LogP contribution in [-0.2, 0) is 0 Å². The molecule has 0 N–H and O–H groups in total. The van der Waals surface area contributed by atoms with E-state index in [0.29, 0.717) is 0 Å². The van der Waals surface area contributed by atoms with Gasteiger partial charge >= 0.3 is 0 Å². The van der Waals surface area contributed by atoms with Crippen LogP contribution in [0.5, 0.6) is 0 Å². The summed E-state index contributed by atoms with van der Waals surface area (Å²) in [6, 6.07) is 91.1. The third-order valence-electron chi connectivity index (χ3n) is 14.2. The lowest BCUT2D eigenvalue weighted by Gasteiger charge is -2.19.